The normalized spacial score (nSPS) is 12.9. The van der Waals surface area contributed by atoms with E-state index in [1.165, 1.54) is 6.07 Å². The maximum atomic E-state index is 12.6. The number of benzene rings is 1. The van der Waals surface area contributed by atoms with Gasteiger partial charge in [-0.2, -0.15) is 18.4 Å². The van der Waals surface area contributed by atoms with Gasteiger partial charge in [0, 0.05) is 0 Å². The van der Waals surface area contributed by atoms with Gasteiger partial charge in [0.15, 0.2) is 0 Å². The first-order valence-corrected chi connectivity index (χ1v) is 6.54. The van der Waals surface area contributed by atoms with Gasteiger partial charge >= 0.3 is 6.18 Å². The van der Waals surface area contributed by atoms with Crippen LogP contribution in [0, 0.1) is 11.3 Å². The number of rotatable bonds is 4. The minimum atomic E-state index is -4.66. The van der Waals surface area contributed by atoms with E-state index in [2.05, 4.69) is 0 Å². The second kappa shape index (κ2) is 5.92. The summed E-state index contributed by atoms with van der Waals surface area (Å²) in [6.07, 6.45) is -4.66. The molecule has 0 bridgehead atoms. The molecule has 0 aliphatic heterocycles. The first-order valence-electron chi connectivity index (χ1n) is 5.17. The SMILES string of the molecule is N#CC(C(N)=O)c1ccc(C(F)(F)F)cc1C[SH](=O)=O. The van der Waals surface area contributed by atoms with Crippen molar-refractivity contribution in [3.63, 3.8) is 0 Å². The second-order valence-electron chi connectivity index (χ2n) is 3.87. The molecule has 0 aromatic heterocycles. The van der Waals surface area contributed by atoms with Crippen LogP contribution in [0.15, 0.2) is 18.2 Å². The van der Waals surface area contributed by atoms with Gasteiger partial charge in [0.25, 0.3) is 0 Å². The maximum Gasteiger partial charge on any atom is 0.416 e. The molecule has 1 atom stereocenters. The van der Waals surface area contributed by atoms with Crippen molar-refractivity contribution in [2.24, 2.45) is 5.73 Å². The molecular weight excluding hydrogens is 297 g/mol. The summed E-state index contributed by atoms with van der Waals surface area (Å²) in [7, 11) is -3.02. The average molecular weight is 306 g/mol. The number of carbonyl (C=O) groups is 1. The summed E-state index contributed by atoms with van der Waals surface area (Å²) >= 11 is 0. The fourth-order valence-electron chi connectivity index (χ4n) is 1.63. The highest BCUT2D eigenvalue weighted by Crippen LogP contribution is 2.32. The third kappa shape index (κ3) is 3.71. The number of carbonyl (C=O) groups excluding carboxylic acids is 1. The summed E-state index contributed by atoms with van der Waals surface area (Å²) in [5.74, 6) is -3.27. The Bertz CT molecular complexity index is 639. The lowest BCUT2D eigenvalue weighted by atomic mass is 9.93. The number of hydrogen-bond acceptors (Lipinski definition) is 4. The van der Waals surface area contributed by atoms with E-state index in [4.69, 9.17) is 11.0 Å². The molecule has 0 aliphatic rings. The first-order chi connectivity index (χ1) is 9.16. The molecule has 1 amide bonds. The molecule has 0 saturated carbocycles. The second-order valence-corrected chi connectivity index (χ2v) is 4.85. The van der Waals surface area contributed by atoms with Gasteiger partial charge in [0.1, 0.15) is 16.6 Å². The molecule has 0 heterocycles. The highest BCUT2D eigenvalue weighted by atomic mass is 32.2. The highest BCUT2D eigenvalue weighted by Gasteiger charge is 2.32. The molecule has 0 aliphatic carbocycles. The Kier molecular flexibility index (Phi) is 4.73. The number of nitriles is 1. The number of alkyl halides is 3. The van der Waals surface area contributed by atoms with Crippen molar-refractivity contribution in [1.29, 1.82) is 5.26 Å². The van der Waals surface area contributed by atoms with E-state index < -0.39 is 40.0 Å². The Labute approximate surface area is 113 Å². The standard InChI is InChI=1S/C11H9F3N2O3S/c12-11(13,14)7-1-2-8(9(4-15)10(16)17)6(3-7)5-20(18)19/h1-3,9,20H,5H2,(H2,16,17). The van der Waals surface area contributed by atoms with E-state index >= 15 is 0 Å². The molecule has 0 radical (unpaired) electrons. The van der Waals surface area contributed by atoms with Crippen LogP contribution in [-0.4, -0.2) is 14.3 Å². The van der Waals surface area contributed by atoms with Crippen LogP contribution in [0.3, 0.4) is 0 Å². The van der Waals surface area contributed by atoms with Crippen LogP contribution in [-0.2, 0) is 27.4 Å². The van der Waals surface area contributed by atoms with Crippen molar-refractivity contribution in [3.05, 3.63) is 34.9 Å². The third-order valence-corrected chi connectivity index (χ3v) is 3.09. The monoisotopic (exact) mass is 306 g/mol. The predicted octanol–water partition coefficient (Wildman–Crippen LogP) is 0.909. The van der Waals surface area contributed by atoms with E-state index in [1.54, 1.807) is 0 Å². The number of primary amides is 1. The Hall–Kier alpha value is -2.08. The Balaban J connectivity index is 3.45. The molecule has 1 rings (SSSR count). The number of halogens is 3. The van der Waals surface area contributed by atoms with E-state index in [9.17, 15) is 26.4 Å². The number of thiol groups is 1. The van der Waals surface area contributed by atoms with Crippen LogP contribution in [0.1, 0.15) is 22.6 Å². The van der Waals surface area contributed by atoms with Crippen LogP contribution in [0.4, 0.5) is 13.2 Å². The average Bonchev–Trinajstić information content (AvgIpc) is 2.29. The summed E-state index contributed by atoms with van der Waals surface area (Å²) in [5, 5.41) is 8.81. The highest BCUT2D eigenvalue weighted by molar-refractivity contribution is 7.71. The van der Waals surface area contributed by atoms with E-state index in [0.717, 1.165) is 6.07 Å². The summed E-state index contributed by atoms with van der Waals surface area (Å²) in [6.45, 7) is 0. The summed E-state index contributed by atoms with van der Waals surface area (Å²) in [6, 6.07) is 3.71. The van der Waals surface area contributed by atoms with Gasteiger partial charge in [0.2, 0.25) is 5.91 Å². The molecule has 0 fully saturated rings. The van der Waals surface area contributed by atoms with Crippen molar-refractivity contribution < 1.29 is 26.4 Å². The smallest absolute Gasteiger partial charge is 0.368 e. The Morgan fingerprint density at radius 1 is 1.40 bits per heavy atom. The molecule has 108 valence electrons. The first kappa shape index (κ1) is 16.0. The molecule has 0 saturated heterocycles. The minimum absolute atomic E-state index is 0.132. The van der Waals surface area contributed by atoms with Gasteiger partial charge in [0.05, 0.1) is 17.4 Å². The van der Waals surface area contributed by atoms with Crippen LogP contribution in [0.2, 0.25) is 0 Å². The number of nitrogens with two attached hydrogens (primary N) is 1. The Morgan fingerprint density at radius 3 is 2.40 bits per heavy atom. The molecule has 2 N–H and O–H groups in total. The Morgan fingerprint density at radius 2 is 2.00 bits per heavy atom. The predicted molar refractivity (Wildman–Crippen MR) is 63.0 cm³/mol. The van der Waals surface area contributed by atoms with Crippen molar-refractivity contribution in [3.8, 4) is 6.07 Å². The fourth-order valence-corrected chi connectivity index (χ4v) is 2.18. The lowest BCUT2D eigenvalue weighted by Gasteiger charge is -2.14. The van der Waals surface area contributed by atoms with Gasteiger partial charge < -0.3 is 5.73 Å². The molecular formula is C11H9F3N2O3S. The van der Waals surface area contributed by atoms with Crippen LogP contribution in [0.5, 0.6) is 0 Å². The molecule has 20 heavy (non-hydrogen) atoms. The van der Waals surface area contributed by atoms with E-state index in [-0.39, 0.29) is 11.1 Å². The molecule has 1 aromatic rings. The fraction of sp³-hybridized carbons (Fsp3) is 0.273. The summed E-state index contributed by atoms with van der Waals surface area (Å²) in [4.78, 5) is 11.1. The molecule has 1 unspecified atom stereocenters. The van der Waals surface area contributed by atoms with Crippen molar-refractivity contribution in [2.75, 3.05) is 0 Å². The largest absolute Gasteiger partial charge is 0.416 e. The zero-order valence-electron chi connectivity index (χ0n) is 9.85. The van der Waals surface area contributed by atoms with Crippen LogP contribution < -0.4 is 5.73 Å². The summed E-state index contributed by atoms with van der Waals surface area (Å²) in [5.41, 5.74) is 3.51. The van der Waals surface area contributed by atoms with Crippen LogP contribution >= 0.6 is 0 Å². The van der Waals surface area contributed by atoms with Gasteiger partial charge in [-0.15, -0.1) is 0 Å². The zero-order chi connectivity index (χ0) is 15.5. The lowest BCUT2D eigenvalue weighted by Crippen LogP contribution is -2.21. The quantitative estimate of drug-likeness (QED) is 0.807. The number of amides is 1. The minimum Gasteiger partial charge on any atom is -0.368 e. The van der Waals surface area contributed by atoms with Gasteiger partial charge in [-0.05, 0) is 23.3 Å². The number of nitrogens with zero attached hydrogens (tertiary/aromatic N) is 1. The number of hydrogen-bond donors (Lipinski definition) is 2. The topological polar surface area (TPSA) is 101 Å². The van der Waals surface area contributed by atoms with Crippen molar-refractivity contribution >= 4 is 16.6 Å². The summed E-state index contributed by atoms with van der Waals surface area (Å²) < 4.78 is 59.2. The molecule has 0 spiro atoms. The van der Waals surface area contributed by atoms with E-state index in [1.807, 2.05) is 0 Å². The zero-order valence-corrected chi connectivity index (χ0v) is 10.7. The van der Waals surface area contributed by atoms with Gasteiger partial charge in [-0.1, -0.05) is 6.07 Å². The van der Waals surface area contributed by atoms with Crippen molar-refractivity contribution in [2.45, 2.75) is 17.8 Å². The molecule has 1 aromatic carbocycles. The molecule has 9 heteroatoms. The molecule has 5 nitrogen and oxygen atoms in total. The maximum absolute atomic E-state index is 12.6. The van der Waals surface area contributed by atoms with Gasteiger partial charge in [-0.25, -0.2) is 8.42 Å². The van der Waals surface area contributed by atoms with Crippen LogP contribution in [0.25, 0.3) is 0 Å². The van der Waals surface area contributed by atoms with Gasteiger partial charge in [-0.3, -0.25) is 4.79 Å². The third-order valence-electron chi connectivity index (χ3n) is 2.49. The van der Waals surface area contributed by atoms with Crippen molar-refractivity contribution in [1.82, 2.24) is 0 Å². The van der Waals surface area contributed by atoms with E-state index in [0.29, 0.717) is 12.1 Å². The lowest BCUT2D eigenvalue weighted by molar-refractivity contribution is -0.137.